The highest BCUT2D eigenvalue weighted by Crippen LogP contribution is 2.17. The molecule has 0 fully saturated rings. The molecule has 1 rings (SSSR count). The number of hydrogen-bond donors (Lipinski definition) is 0. The van der Waals surface area contributed by atoms with Crippen LogP contribution in [0.5, 0.6) is 0 Å². The average molecular weight is 201 g/mol. The molecule has 0 saturated heterocycles. The molecule has 0 unspecified atom stereocenters. The van der Waals surface area contributed by atoms with Crippen molar-refractivity contribution >= 4 is 11.6 Å². The predicted octanol–water partition coefficient (Wildman–Crippen LogP) is 3.61. The molecule has 0 amide bonds. The number of benzene rings is 1. The molecule has 0 radical (unpaired) electrons. The molecule has 72 valence electrons. The third-order valence-corrected chi connectivity index (χ3v) is 2.39. The average Bonchev–Trinajstić information content (AvgIpc) is 2.02. The lowest BCUT2D eigenvalue weighted by molar-refractivity contribution is 0.604. The highest BCUT2D eigenvalue weighted by Gasteiger charge is 2.05. The Morgan fingerprint density at radius 2 is 2.00 bits per heavy atom. The van der Waals surface area contributed by atoms with Gasteiger partial charge in [0.2, 0.25) is 0 Å². The molecular weight excluding hydrogens is 187 g/mol. The van der Waals surface area contributed by atoms with Gasteiger partial charge < -0.3 is 0 Å². The van der Waals surface area contributed by atoms with E-state index in [2.05, 4.69) is 0 Å². The summed E-state index contributed by atoms with van der Waals surface area (Å²) in [6, 6.07) is 3.59. The molecule has 0 N–H and O–H groups in total. The molecule has 13 heavy (non-hydrogen) atoms. The SMILES string of the molecule is Cc1cc(C)c(CCCCl)c(F)c1. The fraction of sp³-hybridized carbons (Fsp3) is 0.455. The second kappa shape index (κ2) is 4.61. The van der Waals surface area contributed by atoms with Gasteiger partial charge in [-0.05, 0) is 49.4 Å². The maximum atomic E-state index is 13.4. The lowest BCUT2D eigenvalue weighted by atomic mass is 10.0. The number of hydrogen-bond acceptors (Lipinski definition) is 0. The van der Waals surface area contributed by atoms with Crippen LogP contribution in [-0.2, 0) is 6.42 Å². The van der Waals surface area contributed by atoms with Gasteiger partial charge in [-0.1, -0.05) is 6.07 Å². The van der Waals surface area contributed by atoms with E-state index in [0.717, 1.165) is 29.5 Å². The number of rotatable bonds is 3. The second-order valence-corrected chi connectivity index (χ2v) is 3.71. The van der Waals surface area contributed by atoms with Crippen LogP contribution in [0.3, 0.4) is 0 Å². The van der Waals surface area contributed by atoms with Gasteiger partial charge in [-0.2, -0.15) is 0 Å². The number of halogens is 2. The van der Waals surface area contributed by atoms with E-state index < -0.39 is 0 Å². The zero-order chi connectivity index (χ0) is 9.84. The van der Waals surface area contributed by atoms with Crippen molar-refractivity contribution in [1.29, 1.82) is 0 Å². The summed E-state index contributed by atoms with van der Waals surface area (Å²) in [7, 11) is 0. The smallest absolute Gasteiger partial charge is 0.126 e. The molecule has 0 aliphatic rings. The van der Waals surface area contributed by atoms with Gasteiger partial charge in [0.1, 0.15) is 5.82 Å². The van der Waals surface area contributed by atoms with E-state index in [1.165, 1.54) is 0 Å². The molecule has 0 bridgehead atoms. The quantitative estimate of drug-likeness (QED) is 0.654. The zero-order valence-corrected chi connectivity index (χ0v) is 8.79. The van der Waals surface area contributed by atoms with Crippen molar-refractivity contribution in [2.45, 2.75) is 26.7 Å². The molecule has 0 atom stereocenters. The van der Waals surface area contributed by atoms with Gasteiger partial charge in [-0.3, -0.25) is 0 Å². The van der Waals surface area contributed by atoms with Crippen LogP contribution in [-0.4, -0.2) is 5.88 Å². The Hall–Kier alpha value is -0.560. The van der Waals surface area contributed by atoms with Crippen LogP contribution in [0.1, 0.15) is 23.1 Å². The van der Waals surface area contributed by atoms with E-state index in [0.29, 0.717) is 5.88 Å². The van der Waals surface area contributed by atoms with Gasteiger partial charge in [-0.15, -0.1) is 11.6 Å². The monoisotopic (exact) mass is 200 g/mol. The summed E-state index contributed by atoms with van der Waals surface area (Å²) < 4.78 is 13.4. The fourth-order valence-corrected chi connectivity index (χ4v) is 1.64. The number of alkyl halides is 1. The highest BCUT2D eigenvalue weighted by molar-refractivity contribution is 6.17. The van der Waals surface area contributed by atoms with Gasteiger partial charge in [0.05, 0.1) is 0 Å². The van der Waals surface area contributed by atoms with Crippen molar-refractivity contribution in [2.75, 3.05) is 5.88 Å². The third kappa shape index (κ3) is 2.70. The minimum absolute atomic E-state index is 0.0948. The molecule has 0 aromatic heterocycles. The first-order valence-corrected chi connectivity index (χ1v) is 5.00. The molecule has 0 saturated carbocycles. The van der Waals surface area contributed by atoms with E-state index >= 15 is 0 Å². The maximum Gasteiger partial charge on any atom is 0.126 e. The Labute approximate surface area is 83.7 Å². The summed E-state index contributed by atoms with van der Waals surface area (Å²) in [5.41, 5.74) is 2.82. The predicted molar refractivity (Wildman–Crippen MR) is 54.9 cm³/mol. The van der Waals surface area contributed by atoms with Crippen molar-refractivity contribution in [2.24, 2.45) is 0 Å². The fourth-order valence-electron chi connectivity index (χ4n) is 1.51. The van der Waals surface area contributed by atoms with Crippen molar-refractivity contribution in [1.82, 2.24) is 0 Å². The number of aryl methyl sites for hydroxylation is 2. The summed E-state index contributed by atoms with van der Waals surface area (Å²) in [6.45, 7) is 3.85. The van der Waals surface area contributed by atoms with Gasteiger partial charge in [0.25, 0.3) is 0 Å². The van der Waals surface area contributed by atoms with E-state index in [4.69, 9.17) is 11.6 Å². The zero-order valence-electron chi connectivity index (χ0n) is 8.03. The van der Waals surface area contributed by atoms with Crippen molar-refractivity contribution in [3.8, 4) is 0 Å². The standard InChI is InChI=1S/C11H14ClF/c1-8-6-9(2)10(4-3-5-12)11(13)7-8/h6-7H,3-5H2,1-2H3. The Morgan fingerprint density at radius 1 is 1.31 bits per heavy atom. The molecule has 1 aromatic carbocycles. The molecule has 0 aliphatic heterocycles. The summed E-state index contributed by atoms with van der Waals surface area (Å²) in [4.78, 5) is 0. The molecule has 0 nitrogen and oxygen atoms in total. The summed E-state index contributed by atoms with van der Waals surface area (Å²) in [6.07, 6.45) is 1.57. The highest BCUT2D eigenvalue weighted by atomic mass is 35.5. The normalized spacial score (nSPS) is 10.5. The van der Waals surface area contributed by atoms with Crippen LogP contribution < -0.4 is 0 Å². The van der Waals surface area contributed by atoms with Crippen molar-refractivity contribution < 1.29 is 4.39 Å². The van der Waals surface area contributed by atoms with Crippen molar-refractivity contribution in [3.63, 3.8) is 0 Å². The van der Waals surface area contributed by atoms with Crippen LogP contribution in [0.15, 0.2) is 12.1 Å². The second-order valence-electron chi connectivity index (χ2n) is 3.33. The minimum Gasteiger partial charge on any atom is -0.207 e. The summed E-state index contributed by atoms with van der Waals surface area (Å²) >= 11 is 5.56. The van der Waals surface area contributed by atoms with Gasteiger partial charge in [-0.25, -0.2) is 4.39 Å². The van der Waals surface area contributed by atoms with Crippen LogP contribution in [0.4, 0.5) is 4.39 Å². The third-order valence-electron chi connectivity index (χ3n) is 2.12. The lowest BCUT2D eigenvalue weighted by Gasteiger charge is -2.07. The molecule has 1 aromatic rings. The van der Waals surface area contributed by atoms with E-state index in [-0.39, 0.29) is 5.82 Å². The molecular formula is C11H14ClF. The van der Waals surface area contributed by atoms with Crippen LogP contribution in [0.25, 0.3) is 0 Å². The van der Waals surface area contributed by atoms with Crippen LogP contribution in [0, 0.1) is 19.7 Å². The van der Waals surface area contributed by atoms with E-state index in [1.54, 1.807) is 6.07 Å². The molecule has 0 heterocycles. The first-order chi connectivity index (χ1) is 6.15. The minimum atomic E-state index is -0.0948. The van der Waals surface area contributed by atoms with Crippen LogP contribution >= 0.6 is 11.6 Å². The van der Waals surface area contributed by atoms with E-state index in [1.807, 2.05) is 19.9 Å². The molecule has 0 spiro atoms. The van der Waals surface area contributed by atoms with Gasteiger partial charge in [0.15, 0.2) is 0 Å². The first kappa shape index (κ1) is 10.5. The summed E-state index contributed by atoms with van der Waals surface area (Å²) in [5.74, 6) is 0.495. The maximum absolute atomic E-state index is 13.4. The largest absolute Gasteiger partial charge is 0.207 e. The van der Waals surface area contributed by atoms with Crippen molar-refractivity contribution in [3.05, 3.63) is 34.6 Å². The van der Waals surface area contributed by atoms with Crippen LogP contribution in [0.2, 0.25) is 0 Å². The Morgan fingerprint density at radius 3 is 2.54 bits per heavy atom. The lowest BCUT2D eigenvalue weighted by Crippen LogP contribution is -1.96. The van der Waals surface area contributed by atoms with Gasteiger partial charge in [0, 0.05) is 5.88 Å². The Balaban J connectivity index is 2.92. The van der Waals surface area contributed by atoms with E-state index in [9.17, 15) is 4.39 Å². The molecule has 0 aliphatic carbocycles. The first-order valence-electron chi connectivity index (χ1n) is 4.46. The molecule has 2 heteroatoms. The van der Waals surface area contributed by atoms with Gasteiger partial charge >= 0.3 is 0 Å². The Kier molecular flexibility index (Phi) is 3.73. The summed E-state index contributed by atoms with van der Waals surface area (Å²) in [5, 5.41) is 0. The Bertz CT molecular complexity index is 271. The topological polar surface area (TPSA) is 0 Å².